The van der Waals surface area contributed by atoms with Crippen LogP contribution in [-0.2, 0) is 11.3 Å². The number of carbonyl (C=O) groups is 1. The molecule has 3 nitrogen and oxygen atoms in total. The number of carbonyl (C=O) groups excluding carboxylic acids is 1. The third-order valence-electron chi connectivity index (χ3n) is 3.95. The Morgan fingerprint density at radius 2 is 1.56 bits per heavy atom. The second kappa shape index (κ2) is 8.27. The number of methoxy groups -OCH3 is 1. The van der Waals surface area contributed by atoms with Crippen LogP contribution >= 0.6 is 0 Å². The SMILES string of the molecule is COc1cccc(COC(C(=O)c2ccccc2)c2ccccc2)c1. The highest BCUT2D eigenvalue weighted by molar-refractivity contribution is 6.00. The van der Waals surface area contributed by atoms with Gasteiger partial charge in [0.05, 0.1) is 13.7 Å². The summed E-state index contributed by atoms with van der Waals surface area (Å²) in [5, 5.41) is 0. The Balaban J connectivity index is 1.83. The Morgan fingerprint density at radius 3 is 2.24 bits per heavy atom. The predicted octanol–water partition coefficient (Wildman–Crippen LogP) is 4.84. The van der Waals surface area contributed by atoms with Crippen LogP contribution in [-0.4, -0.2) is 12.9 Å². The van der Waals surface area contributed by atoms with Gasteiger partial charge in [0.2, 0.25) is 0 Å². The van der Waals surface area contributed by atoms with Crippen LogP contribution in [0, 0.1) is 0 Å². The van der Waals surface area contributed by atoms with E-state index in [0.717, 1.165) is 16.9 Å². The van der Waals surface area contributed by atoms with Crippen LogP contribution in [0.15, 0.2) is 84.9 Å². The molecule has 0 aliphatic rings. The average molecular weight is 332 g/mol. The number of rotatable bonds is 7. The van der Waals surface area contributed by atoms with Crippen LogP contribution < -0.4 is 4.74 Å². The summed E-state index contributed by atoms with van der Waals surface area (Å²) >= 11 is 0. The van der Waals surface area contributed by atoms with Crippen molar-refractivity contribution in [3.8, 4) is 5.75 Å². The van der Waals surface area contributed by atoms with Crippen molar-refractivity contribution in [2.75, 3.05) is 7.11 Å². The molecule has 0 radical (unpaired) electrons. The largest absolute Gasteiger partial charge is 0.497 e. The Hall–Kier alpha value is -2.91. The first-order valence-corrected chi connectivity index (χ1v) is 8.16. The summed E-state index contributed by atoms with van der Waals surface area (Å²) in [5.41, 5.74) is 2.45. The third kappa shape index (κ3) is 4.34. The molecule has 3 aromatic carbocycles. The van der Waals surface area contributed by atoms with Crippen LogP contribution in [0.3, 0.4) is 0 Å². The minimum Gasteiger partial charge on any atom is -0.497 e. The van der Waals surface area contributed by atoms with Gasteiger partial charge < -0.3 is 9.47 Å². The number of ketones is 1. The molecule has 0 aliphatic carbocycles. The van der Waals surface area contributed by atoms with E-state index in [4.69, 9.17) is 9.47 Å². The number of benzene rings is 3. The van der Waals surface area contributed by atoms with Crippen LogP contribution in [0.1, 0.15) is 27.6 Å². The summed E-state index contributed by atoms with van der Waals surface area (Å²) in [4.78, 5) is 12.9. The van der Waals surface area contributed by atoms with Crippen molar-refractivity contribution in [1.29, 1.82) is 0 Å². The summed E-state index contributed by atoms with van der Waals surface area (Å²) < 4.78 is 11.3. The van der Waals surface area contributed by atoms with Crippen LogP contribution in [0.25, 0.3) is 0 Å². The molecule has 25 heavy (non-hydrogen) atoms. The van der Waals surface area contributed by atoms with E-state index in [9.17, 15) is 4.79 Å². The van der Waals surface area contributed by atoms with Crippen molar-refractivity contribution in [2.45, 2.75) is 12.7 Å². The average Bonchev–Trinajstić information content (AvgIpc) is 2.69. The molecule has 0 bridgehead atoms. The Bertz CT molecular complexity index is 813. The molecule has 1 unspecified atom stereocenters. The molecule has 0 fully saturated rings. The van der Waals surface area contributed by atoms with Gasteiger partial charge >= 0.3 is 0 Å². The normalized spacial score (nSPS) is 11.7. The standard InChI is InChI=1S/C22H20O3/c1-24-20-14-8-9-17(15-20)16-25-22(19-12-6-3-7-13-19)21(23)18-10-4-2-5-11-18/h2-15,22H,16H2,1H3. The number of hydrogen-bond acceptors (Lipinski definition) is 3. The van der Waals surface area contributed by atoms with Gasteiger partial charge in [-0.2, -0.15) is 0 Å². The van der Waals surface area contributed by atoms with E-state index in [1.54, 1.807) is 7.11 Å². The van der Waals surface area contributed by atoms with Crippen LogP contribution in [0.5, 0.6) is 5.75 Å². The topological polar surface area (TPSA) is 35.5 Å². The van der Waals surface area contributed by atoms with Crippen molar-refractivity contribution in [1.82, 2.24) is 0 Å². The zero-order chi connectivity index (χ0) is 17.5. The lowest BCUT2D eigenvalue weighted by atomic mass is 10.00. The number of hydrogen-bond donors (Lipinski definition) is 0. The summed E-state index contributed by atoms with van der Waals surface area (Å²) in [7, 11) is 1.63. The lowest BCUT2D eigenvalue weighted by molar-refractivity contribution is 0.0333. The zero-order valence-corrected chi connectivity index (χ0v) is 14.1. The monoisotopic (exact) mass is 332 g/mol. The highest BCUT2D eigenvalue weighted by Crippen LogP contribution is 2.24. The molecule has 0 aliphatic heterocycles. The highest BCUT2D eigenvalue weighted by atomic mass is 16.5. The van der Waals surface area contributed by atoms with Gasteiger partial charge in [-0.05, 0) is 23.3 Å². The lowest BCUT2D eigenvalue weighted by Gasteiger charge is -2.18. The fraction of sp³-hybridized carbons (Fsp3) is 0.136. The summed E-state index contributed by atoms with van der Waals surface area (Å²) in [6, 6.07) is 26.5. The molecular weight excluding hydrogens is 312 g/mol. The molecule has 1 atom stereocenters. The number of Topliss-reactive ketones (excluding diaryl/α,β-unsaturated/α-hetero) is 1. The molecule has 3 rings (SSSR count). The maximum Gasteiger partial charge on any atom is 0.196 e. The molecule has 3 aromatic rings. The summed E-state index contributed by atoms with van der Waals surface area (Å²) in [6.45, 7) is 0.329. The molecule has 126 valence electrons. The minimum atomic E-state index is -0.644. The fourth-order valence-corrected chi connectivity index (χ4v) is 2.65. The predicted molar refractivity (Wildman–Crippen MR) is 97.7 cm³/mol. The van der Waals surface area contributed by atoms with Crippen molar-refractivity contribution >= 4 is 5.78 Å². The second-order valence-electron chi connectivity index (χ2n) is 5.68. The zero-order valence-electron chi connectivity index (χ0n) is 14.1. The summed E-state index contributed by atoms with van der Waals surface area (Å²) in [5.74, 6) is 0.724. The van der Waals surface area contributed by atoms with Gasteiger partial charge in [-0.3, -0.25) is 4.79 Å². The van der Waals surface area contributed by atoms with E-state index in [-0.39, 0.29) is 5.78 Å². The Morgan fingerprint density at radius 1 is 0.880 bits per heavy atom. The molecule has 3 heteroatoms. The fourth-order valence-electron chi connectivity index (χ4n) is 2.65. The van der Waals surface area contributed by atoms with Crippen molar-refractivity contribution < 1.29 is 14.3 Å². The van der Waals surface area contributed by atoms with Crippen LogP contribution in [0.4, 0.5) is 0 Å². The molecule has 0 aromatic heterocycles. The summed E-state index contributed by atoms with van der Waals surface area (Å²) in [6.07, 6.45) is -0.644. The molecule has 0 saturated heterocycles. The van der Waals surface area contributed by atoms with E-state index >= 15 is 0 Å². The first kappa shape index (κ1) is 16.9. The van der Waals surface area contributed by atoms with Gasteiger partial charge in [0, 0.05) is 5.56 Å². The van der Waals surface area contributed by atoms with Gasteiger partial charge in [-0.15, -0.1) is 0 Å². The Labute approximate surface area is 147 Å². The van der Waals surface area contributed by atoms with Crippen molar-refractivity contribution in [3.05, 3.63) is 102 Å². The maximum atomic E-state index is 12.9. The van der Waals surface area contributed by atoms with Crippen molar-refractivity contribution in [3.63, 3.8) is 0 Å². The van der Waals surface area contributed by atoms with Gasteiger partial charge in [0.25, 0.3) is 0 Å². The van der Waals surface area contributed by atoms with Gasteiger partial charge in [-0.25, -0.2) is 0 Å². The molecule has 0 N–H and O–H groups in total. The molecule has 0 amide bonds. The van der Waals surface area contributed by atoms with E-state index < -0.39 is 6.10 Å². The molecule has 0 heterocycles. The smallest absolute Gasteiger partial charge is 0.196 e. The van der Waals surface area contributed by atoms with E-state index in [1.807, 2.05) is 84.9 Å². The van der Waals surface area contributed by atoms with Gasteiger partial charge in [0.15, 0.2) is 5.78 Å². The van der Waals surface area contributed by atoms with Gasteiger partial charge in [0.1, 0.15) is 11.9 Å². The Kier molecular flexibility index (Phi) is 5.60. The second-order valence-corrected chi connectivity index (χ2v) is 5.68. The van der Waals surface area contributed by atoms with E-state index in [0.29, 0.717) is 12.2 Å². The molecule has 0 spiro atoms. The lowest BCUT2D eigenvalue weighted by Crippen LogP contribution is -2.16. The first-order valence-electron chi connectivity index (χ1n) is 8.16. The van der Waals surface area contributed by atoms with Crippen LogP contribution in [0.2, 0.25) is 0 Å². The minimum absolute atomic E-state index is 0.0466. The van der Waals surface area contributed by atoms with E-state index in [1.165, 1.54) is 0 Å². The molecular formula is C22H20O3. The molecule has 0 saturated carbocycles. The van der Waals surface area contributed by atoms with Crippen molar-refractivity contribution in [2.24, 2.45) is 0 Å². The highest BCUT2D eigenvalue weighted by Gasteiger charge is 2.22. The quantitative estimate of drug-likeness (QED) is 0.581. The third-order valence-corrected chi connectivity index (χ3v) is 3.95. The van der Waals surface area contributed by atoms with E-state index in [2.05, 4.69) is 0 Å². The first-order chi connectivity index (χ1) is 12.3. The number of ether oxygens (including phenoxy) is 2. The van der Waals surface area contributed by atoms with Gasteiger partial charge in [-0.1, -0.05) is 72.8 Å². The maximum absolute atomic E-state index is 12.9.